The van der Waals surface area contributed by atoms with Gasteiger partial charge in [0.25, 0.3) is 0 Å². The molecule has 1 rings (SSSR count). The molecule has 0 fully saturated rings. The molecule has 0 aliphatic carbocycles. The number of benzene rings is 1. The first-order valence-electron chi connectivity index (χ1n) is 9.35. The molecule has 0 spiro atoms. The van der Waals surface area contributed by atoms with Crippen molar-refractivity contribution in [1.82, 2.24) is 10.6 Å². The number of unbranched alkanes of at least 4 members (excludes halogenated alkanes) is 1. The van der Waals surface area contributed by atoms with Crippen molar-refractivity contribution in [2.24, 2.45) is 4.99 Å². The number of hydrogen-bond donors (Lipinski definition) is 2. The average Bonchev–Trinajstić information content (AvgIpc) is 2.62. The van der Waals surface area contributed by atoms with E-state index in [1.807, 2.05) is 6.07 Å². The molecule has 0 aromatic heterocycles. The number of ether oxygens (including phenoxy) is 2. The third-order valence-electron chi connectivity index (χ3n) is 4.08. The van der Waals surface area contributed by atoms with Crippen molar-refractivity contribution < 1.29 is 13.9 Å². The number of halogens is 1. The summed E-state index contributed by atoms with van der Waals surface area (Å²) in [5.41, 5.74) is 0.735. The lowest BCUT2D eigenvalue weighted by Gasteiger charge is -2.26. The zero-order chi connectivity index (χ0) is 19.3. The Morgan fingerprint density at radius 1 is 1.12 bits per heavy atom. The lowest BCUT2D eigenvalue weighted by atomic mass is 9.84. The number of nitrogens with one attached hydrogen (secondary N) is 2. The summed E-state index contributed by atoms with van der Waals surface area (Å²) in [6, 6.07) is 6.72. The molecule has 0 saturated carbocycles. The fraction of sp³-hybridized carbons (Fsp3) is 0.650. The van der Waals surface area contributed by atoms with Gasteiger partial charge in [0.15, 0.2) is 5.96 Å². The van der Waals surface area contributed by atoms with Gasteiger partial charge in [0.2, 0.25) is 0 Å². The van der Waals surface area contributed by atoms with Gasteiger partial charge in [-0.05, 0) is 24.1 Å². The first kappa shape index (κ1) is 22.4. The lowest BCUT2D eigenvalue weighted by Crippen LogP contribution is -2.44. The lowest BCUT2D eigenvalue weighted by molar-refractivity contribution is 0.0487. The summed E-state index contributed by atoms with van der Waals surface area (Å²) in [6.45, 7) is 10.2. The van der Waals surface area contributed by atoms with Crippen LogP contribution in [0.15, 0.2) is 29.3 Å². The van der Waals surface area contributed by atoms with Crippen LogP contribution in [0.2, 0.25) is 0 Å². The highest BCUT2D eigenvalue weighted by Gasteiger charge is 2.21. The van der Waals surface area contributed by atoms with Crippen LogP contribution in [0, 0.1) is 5.82 Å². The van der Waals surface area contributed by atoms with Gasteiger partial charge in [-0.2, -0.15) is 0 Å². The van der Waals surface area contributed by atoms with E-state index in [1.54, 1.807) is 19.2 Å². The normalized spacial score (nSPS) is 12.3. The second kappa shape index (κ2) is 12.7. The number of nitrogens with zero attached hydrogens (tertiary/aromatic N) is 1. The van der Waals surface area contributed by atoms with Crippen LogP contribution in [0.25, 0.3) is 0 Å². The number of guanidine groups is 1. The van der Waals surface area contributed by atoms with E-state index in [1.165, 1.54) is 6.07 Å². The fourth-order valence-electron chi connectivity index (χ4n) is 2.35. The summed E-state index contributed by atoms with van der Waals surface area (Å²) >= 11 is 0. The summed E-state index contributed by atoms with van der Waals surface area (Å²) in [5.74, 6) is 0.492. The predicted molar refractivity (Wildman–Crippen MR) is 105 cm³/mol. The van der Waals surface area contributed by atoms with E-state index in [0.29, 0.717) is 38.9 Å². The molecule has 0 heterocycles. The summed E-state index contributed by atoms with van der Waals surface area (Å²) in [4.78, 5) is 4.21. The second-order valence-corrected chi connectivity index (χ2v) is 6.83. The zero-order valence-electron chi connectivity index (χ0n) is 16.6. The van der Waals surface area contributed by atoms with Crippen molar-refractivity contribution >= 4 is 5.96 Å². The Balaban J connectivity index is 2.22. The van der Waals surface area contributed by atoms with Crippen molar-refractivity contribution in [2.45, 2.75) is 39.0 Å². The van der Waals surface area contributed by atoms with Crippen LogP contribution in [-0.2, 0) is 14.9 Å². The minimum atomic E-state index is -0.216. The molecule has 5 nitrogen and oxygen atoms in total. The Bertz CT molecular complexity index is 536. The SMILES string of the molecule is CCCCOCCOCCNC(=NC)NCC(C)(C)c1cccc(F)c1. The molecule has 1 aromatic carbocycles. The van der Waals surface area contributed by atoms with Crippen LogP contribution in [0.5, 0.6) is 0 Å². The Labute approximate surface area is 157 Å². The fourth-order valence-corrected chi connectivity index (χ4v) is 2.35. The predicted octanol–water partition coefficient (Wildman–Crippen LogP) is 3.10. The minimum absolute atomic E-state index is 0.214. The Hall–Kier alpha value is -1.66. The molecular formula is C20H34FN3O2. The molecule has 0 aliphatic rings. The van der Waals surface area contributed by atoms with Crippen LogP contribution in [0.1, 0.15) is 39.2 Å². The topological polar surface area (TPSA) is 54.9 Å². The standard InChI is InChI=1S/C20H34FN3O2/c1-5-6-11-25-13-14-26-12-10-23-19(22-4)24-16-20(2,3)17-8-7-9-18(21)15-17/h7-9,15H,5-6,10-14,16H2,1-4H3,(H2,22,23,24). The van der Waals surface area contributed by atoms with Crippen LogP contribution >= 0.6 is 0 Å². The highest BCUT2D eigenvalue weighted by atomic mass is 19.1. The second-order valence-electron chi connectivity index (χ2n) is 6.83. The van der Waals surface area contributed by atoms with Crippen molar-refractivity contribution in [3.63, 3.8) is 0 Å². The quantitative estimate of drug-likeness (QED) is 0.339. The number of rotatable bonds is 12. The Morgan fingerprint density at radius 3 is 2.50 bits per heavy atom. The van der Waals surface area contributed by atoms with E-state index in [9.17, 15) is 4.39 Å². The van der Waals surface area contributed by atoms with Gasteiger partial charge >= 0.3 is 0 Å². The summed E-state index contributed by atoms with van der Waals surface area (Å²) < 4.78 is 24.4. The monoisotopic (exact) mass is 367 g/mol. The maximum absolute atomic E-state index is 13.4. The Morgan fingerprint density at radius 2 is 1.85 bits per heavy atom. The van der Waals surface area contributed by atoms with E-state index in [0.717, 1.165) is 25.0 Å². The van der Waals surface area contributed by atoms with Crippen molar-refractivity contribution in [3.8, 4) is 0 Å². The van der Waals surface area contributed by atoms with E-state index >= 15 is 0 Å². The van der Waals surface area contributed by atoms with Gasteiger partial charge in [-0.3, -0.25) is 4.99 Å². The summed E-state index contributed by atoms with van der Waals surface area (Å²) in [6.07, 6.45) is 2.24. The molecule has 26 heavy (non-hydrogen) atoms. The third kappa shape index (κ3) is 9.15. The molecule has 0 saturated heterocycles. The molecule has 148 valence electrons. The van der Waals surface area contributed by atoms with Gasteiger partial charge in [0, 0.05) is 32.2 Å². The zero-order valence-corrected chi connectivity index (χ0v) is 16.6. The molecule has 2 N–H and O–H groups in total. The number of aliphatic imine (C=N–C) groups is 1. The van der Waals surface area contributed by atoms with E-state index in [-0.39, 0.29) is 11.2 Å². The maximum Gasteiger partial charge on any atom is 0.191 e. The van der Waals surface area contributed by atoms with Crippen LogP contribution in [0.4, 0.5) is 4.39 Å². The molecule has 6 heteroatoms. The first-order chi connectivity index (χ1) is 12.5. The average molecular weight is 368 g/mol. The van der Waals surface area contributed by atoms with Gasteiger partial charge in [-0.25, -0.2) is 4.39 Å². The highest BCUT2D eigenvalue weighted by Crippen LogP contribution is 2.22. The molecule has 0 bridgehead atoms. The van der Waals surface area contributed by atoms with Crippen molar-refractivity contribution in [1.29, 1.82) is 0 Å². The highest BCUT2D eigenvalue weighted by molar-refractivity contribution is 5.79. The largest absolute Gasteiger partial charge is 0.379 e. The molecule has 1 aromatic rings. The van der Waals surface area contributed by atoms with E-state index in [4.69, 9.17) is 9.47 Å². The minimum Gasteiger partial charge on any atom is -0.379 e. The van der Waals surface area contributed by atoms with Crippen LogP contribution in [-0.4, -0.2) is 52.5 Å². The van der Waals surface area contributed by atoms with E-state index in [2.05, 4.69) is 36.4 Å². The van der Waals surface area contributed by atoms with Gasteiger partial charge in [0.05, 0.1) is 19.8 Å². The Kier molecular flexibility index (Phi) is 10.9. The van der Waals surface area contributed by atoms with Crippen molar-refractivity contribution in [2.75, 3.05) is 46.6 Å². The van der Waals surface area contributed by atoms with Gasteiger partial charge in [-0.1, -0.05) is 39.3 Å². The maximum atomic E-state index is 13.4. The van der Waals surface area contributed by atoms with Gasteiger partial charge in [-0.15, -0.1) is 0 Å². The summed E-state index contributed by atoms with van der Waals surface area (Å²) in [7, 11) is 1.73. The molecular weight excluding hydrogens is 333 g/mol. The molecule has 0 radical (unpaired) electrons. The van der Waals surface area contributed by atoms with Crippen LogP contribution < -0.4 is 10.6 Å². The van der Waals surface area contributed by atoms with Crippen LogP contribution in [0.3, 0.4) is 0 Å². The summed E-state index contributed by atoms with van der Waals surface area (Å²) in [5, 5.41) is 6.50. The number of hydrogen-bond acceptors (Lipinski definition) is 3. The molecule has 0 unspecified atom stereocenters. The molecule has 0 aliphatic heterocycles. The first-order valence-corrected chi connectivity index (χ1v) is 9.35. The molecule has 0 amide bonds. The van der Waals surface area contributed by atoms with Crippen molar-refractivity contribution in [3.05, 3.63) is 35.6 Å². The molecule has 0 atom stereocenters. The van der Waals surface area contributed by atoms with Gasteiger partial charge < -0.3 is 20.1 Å². The van der Waals surface area contributed by atoms with Gasteiger partial charge in [0.1, 0.15) is 5.82 Å². The third-order valence-corrected chi connectivity index (χ3v) is 4.08. The van der Waals surface area contributed by atoms with E-state index < -0.39 is 0 Å². The smallest absolute Gasteiger partial charge is 0.191 e.